The Morgan fingerprint density at radius 1 is 1.23 bits per heavy atom. The van der Waals surface area contributed by atoms with E-state index in [9.17, 15) is 14.4 Å². The highest BCUT2D eigenvalue weighted by atomic mass is 16.6. The van der Waals surface area contributed by atoms with Gasteiger partial charge >= 0.3 is 6.09 Å². The predicted octanol–water partition coefficient (Wildman–Crippen LogP) is 0.781. The third kappa shape index (κ3) is 4.69. The van der Waals surface area contributed by atoms with Crippen molar-refractivity contribution in [2.75, 3.05) is 13.1 Å². The fourth-order valence-electron chi connectivity index (χ4n) is 2.69. The minimum absolute atomic E-state index is 0.183. The molecule has 2 N–H and O–H groups in total. The number of imide groups is 1. The summed E-state index contributed by atoms with van der Waals surface area (Å²) in [4.78, 5) is 36.5. The highest BCUT2D eigenvalue weighted by Crippen LogP contribution is 2.17. The summed E-state index contributed by atoms with van der Waals surface area (Å²) >= 11 is 0. The number of hydrogen-bond acceptors (Lipinski definition) is 5. The van der Waals surface area contributed by atoms with Gasteiger partial charge in [0.25, 0.3) is 0 Å². The monoisotopic (exact) mass is 311 g/mol. The van der Waals surface area contributed by atoms with Crippen LogP contribution in [0.3, 0.4) is 0 Å². The van der Waals surface area contributed by atoms with E-state index in [1.54, 1.807) is 4.90 Å². The van der Waals surface area contributed by atoms with Gasteiger partial charge in [0.1, 0.15) is 5.60 Å². The normalized spacial score (nSPS) is 24.1. The molecule has 2 saturated heterocycles. The third-order valence-corrected chi connectivity index (χ3v) is 3.82. The topological polar surface area (TPSA) is 87.7 Å². The summed E-state index contributed by atoms with van der Waals surface area (Å²) in [5.74, 6) is -0.450. The van der Waals surface area contributed by atoms with E-state index in [2.05, 4.69) is 10.6 Å². The van der Waals surface area contributed by atoms with Crippen molar-refractivity contribution in [2.24, 2.45) is 0 Å². The number of rotatable bonds is 2. The number of likely N-dealkylation sites (tertiary alicyclic amines) is 1. The Kier molecular flexibility index (Phi) is 5.05. The van der Waals surface area contributed by atoms with Gasteiger partial charge < -0.3 is 15.0 Å². The van der Waals surface area contributed by atoms with E-state index in [1.165, 1.54) is 0 Å². The molecule has 2 heterocycles. The summed E-state index contributed by atoms with van der Waals surface area (Å²) in [5.41, 5.74) is -0.487. The van der Waals surface area contributed by atoms with Crippen LogP contribution in [0, 0.1) is 0 Å². The molecule has 0 aliphatic carbocycles. The molecule has 0 bridgehead atoms. The first-order valence-electron chi connectivity index (χ1n) is 7.82. The number of nitrogens with one attached hydrogen (secondary N) is 2. The zero-order chi connectivity index (χ0) is 16.3. The second kappa shape index (κ2) is 6.64. The first kappa shape index (κ1) is 16.7. The molecular formula is C15H25N3O4. The molecular weight excluding hydrogens is 286 g/mol. The summed E-state index contributed by atoms with van der Waals surface area (Å²) in [7, 11) is 0. The first-order chi connectivity index (χ1) is 10.2. The van der Waals surface area contributed by atoms with Crippen LogP contribution in [0.2, 0.25) is 0 Å². The average molecular weight is 311 g/mol. The van der Waals surface area contributed by atoms with Crippen LogP contribution in [-0.2, 0) is 14.3 Å². The van der Waals surface area contributed by atoms with Crippen LogP contribution in [0.25, 0.3) is 0 Å². The van der Waals surface area contributed by atoms with Crippen molar-refractivity contribution in [3.05, 3.63) is 0 Å². The van der Waals surface area contributed by atoms with Crippen LogP contribution in [0.5, 0.6) is 0 Å². The van der Waals surface area contributed by atoms with Crippen molar-refractivity contribution in [1.29, 1.82) is 0 Å². The molecule has 2 fully saturated rings. The number of nitrogens with zero attached hydrogens (tertiary/aromatic N) is 1. The van der Waals surface area contributed by atoms with Crippen molar-refractivity contribution in [2.45, 2.75) is 64.1 Å². The molecule has 0 aromatic rings. The smallest absolute Gasteiger partial charge is 0.410 e. The summed E-state index contributed by atoms with van der Waals surface area (Å²) in [6, 6.07) is -0.126. The molecule has 0 aromatic carbocycles. The summed E-state index contributed by atoms with van der Waals surface area (Å²) in [5, 5.41) is 5.64. The quantitative estimate of drug-likeness (QED) is 0.736. The minimum Gasteiger partial charge on any atom is -0.444 e. The highest BCUT2D eigenvalue weighted by Gasteiger charge is 2.31. The summed E-state index contributed by atoms with van der Waals surface area (Å²) < 4.78 is 5.36. The number of piperidine rings is 2. The van der Waals surface area contributed by atoms with Gasteiger partial charge in [0.05, 0.1) is 6.04 Å². The molecule has 2 aliphatic rings. The van der Waals surface area contributed by atoms with E-state index in [1.807, 2.05) is 20.8 Å². The number of carbonyl (C=O) groups excluding carboxylic acids is 3. The zero-order valence-corrected chi connectivity index (χ0v) is 13.5. The minimum atomic E-state index is -0.487. The van der Waals surface area contributed by atoms with E-state index >= 15 is 0 Å². The first-order valence-corrected chi connectivity index (χ1v) is 7.82. The molecule has 0 aromatic heterocycles. The number of amides is 3. The number of hydrogen-bond donors (Lipinski definition) is 2. The maximum absolute atomic E-state index is 12.0. The molecule has 0 radical (unpaired) electrons. The molecule has 7 nitrogen and oxygen atoms in total. The molecule has 3 amide bonds. The molecule has 0 spiro atoms. The molecule has 1 atom stereocenters. The lowest BCUT2D eigenvalue weighted by atomic mass is 10.0. The lowest BCUT2D eigenvalue weighted by Crippen LogP contribution is -2.55. The van der Waals surface area contributed by atoms with Gasteiger partial charge in [-0.3, -0.25) is 14.9 Å². The fourth-order valence-corrected chi connectivity index (χ4v) is 2.69. The van der Waals surface area contributed by atoms with E-state index in [0.29, 0.717) is 25.9 Å². The molecule has 2 rings (SSSR count). The molecule has 1 unspecified atom stereocenters. The van der Waals surface area contributed by atoms with E-state index in [0.717, 1.165) is 12.8 Å². The van der Waals surface area contributed by atoms with Gasteiger partial charge in [0.2, 0.25) is 11.8 Å². The van der Waals surface area contributed by atoms with Crippen LogP contribution >= 0.6 is 0 Å². The van der Waals surface area contributed by atoms with Gasteiger partial charge in [-0.15, -0.1) is 0 Å². The summed E-state index contributed by atoms with van der Waals surface area (Å²) in [6.45, 7) is 6.77. The standard InChI is InChI=1S/C15H25N3O4/c1-15(2,3)22-14(21)18-8-6-10(7-9-18)16-11-4-5-12(19)17-13(11)20/h10-11,16H,4-9H2,1-3H3,(H,17,19,20). The highest BCUT2D eigenvalue weighted by molar-refractivity contribution is 6.00. The van der Waals surface area contributed by atoms with E-state index < -0.39 is 5.60 Å². The van der Waals surface area contributed by atoms with Crippen molar-refractivity contribution in [3.8, 4) is 0 Å². The van der Waals surface area contributed by atoms with Crippen LogP contribution in [0.4, 0.5) is 4.79 Å². The second-order valence-electron chi connectivity index (χ2n) is 6.91. The maximum Gasteiger partial charge on any atom is 0.410 e. The zero-order valence-electron chi connectivity index (χ0n) is 13.5. The second-order valence-corrected chi connectivity index (χ2v) is 6.91. The van der Waals surface area contributed by atoms with Crippen molar-refractivity contribution < 1.29 is 19.1 Å². The molecule has 0 saturated carbocycles. The predicted molar refractivity (Wildman–Crippen MR) is 80.1 cm³/mol. The Bertz CT molecular complexity index is 450. The molecule has 22 heavy (non-hydrogen) atoms. The fraction of sp³-hybridized carbons (Fsp3) is 0.800. The number of carbonyl (C=O) groups is 3. The number of ether oxygens (including phenoxy) is 1. The Hall–Kier alpha value is -1.63. The SMILES string of the molecule is CC(C)(C)OC(=O)N1CCC(NC2CCC(=O)NC2=O)CC1. The lowest BCUT2D eigenvalue weighted by Gasteiger charge is -2.35. The van der Waals surface area contributed by atoms with Gasteiger partial charge in [0.15, 0.2) is 0 Å². The Morgan fingerprint density at radius 3 is 2.41 bits per heavy atom. The lowest BCUT2D eigenvalue weighted by molar-refractivity contribution is -0.135. The van der Waals surface area contributed by atoms with Crippen molar-refractivity contribution >= 4 is 17.9 Å². The van der Waals surface area contributed by atoms with Crippen LogP contribution in [0.1, 0.15) is 46.5 Å². The van der Waals surface area contributed by atoms with Gasteiger partial charge in [0, 0.05) is 25.6 Å². The maximum atomic E-state index is 12.0. The van der Waals surface area contributed by atoms with Crippen molar-refractivity contribution in [1.82, 2.24) is 15.5 Å². The molecule has 2 aliphatic heterocycles. The summed E-state index contributed by atoms with van der Waals surface area (Å²) in [6.07, 6.45) is 2.18. The van der Waals surface area contributed by atoms with E-state index in [-0.39, 0.29) is 30.0 Å². The largest absolute Gasteiger partial charge is 0.444 e. The van der Waals surface area contributed by atoms with Gasteiger partial charge in [-0.1, -0.05) is 0 Å². The van der Waals surface area contributed by atoms with Crippen LogP contribution in [0.15, 0.2) is 0 Å². The Balaban J connectivity index is 1.76. The van der Waals surface area contributed by atoms with Crippen LogP contribution < -0.4 is 10.6 Å². The average Bonchev–Trinajstić information content (AvgIpc) is 2.41. The molecule has 124 valence electrons. The molecule has 7 heteroatoms. The van der Waals surface area contributed by atoms with Crippen molar-refractivity contribution in [3.63, 3.8) is 0 Å². The van der Waals surface area contributed by atoms with E-state index in [4.69, 9.17) is 4.74 Å². The van der Waals surface area contributed by atoms with Gasteiger partial charge in [-0.2, -0.15) is 0 Å². The third-order valence-electron chi connectivity index (χ3n) is 3.82. The Morgan fingerprint density at radius 2 is 1.86 bits per heavy atom. The van der Waals surface area contributed by atoms with Crippen LogP contribution in [-0.4, -0.2) is 53.6 Å². The Labute approximate surface area is 130 Å². The van der Waals surface area contributed by atoms with Gasteiger partial charge in [-0.25, -0.2) is 4.79 Å². The van der Waals surface area contributed by atoms with Gasteiger partial charge in [-0.05, 0) is 40.0 Å².